The Labute approximate surface area is 61.6 Å². The molecule has 1 aromatic heterocycles. The molecule has 0 saturated carbocycles. The van der Waals surface area contributed by atoms with Gasteiger partial charge in [0.1, 0.15) is 0 Å². The Morgan fingerprint density at radius 3 is 3.20 bits per heavy atom. The number of aromatic nitrogens is 1. The number of rotatable bonds is 3. The number of hydrogen-bond acceptors (Lipinski definition) is 4. The van der Waals surface area contributed by atoms with Gasteiger partial charge in [0.15, 0.2) is 0 Å². The van der Waals surface area contributed by atoms with Gasteiger partial charge in [-0.25, -0.2) is 4.98 Å². The van der Waals surface area contributed by atoms with Crippen LogP contribution in [-0.4, -0.2) is 11.7 Å². The van der Waals surface area contributed by atoms with E-state index in [1.54, 1.807) is 0 Å². The van der Waals surface area contributed by atoms with Gasteiger partial charge in [0, 0.05) is 17.8 Å². The van der Waals surface area contributed by atoms with Crippen molar-refractivity contribution in [2.45, 2.75) is 6.54 Å². The zero-order valence-corrected chi connectivity index (χ0v) is 5.99. The summed E-state index contributed by atoms with van der Waals surface area (Å²) in [4.78, 5) is 4.23. The first kappa shape index (κ1) is 7.14. The Bertz CT molecular complexity index is 222. The fourth-order valence-corrected chi connectivity index (χ4v) is 1.06. The van der Waals surface area contributed by atoms with Crippen molar-refractivity contribution in [3.63, 3.8) is 0 Å². The summed E-state index contributed by atoms with van der Waals surface area (Å²) >= 11 is 1.000. The monoisotopic (exact) mass is 159 g/mol. The van der Waals surface area contributed by atoms with Crippen LogP contribution < -0.4 is 5.43 Å². The second-order valence-corrected chi connectivity index (χ2v) is 2.64. The van der Waals surface area contributed by atoms with Crippen LogP contribution >= 0.6 is 11.3 Å². The average Bonchev–Trinajstić information content (AvgIpc) is 2.31. The molecule has 0 aromatic carbocycles. The van der Waals surface area contributed by atoms with Crippen LogP contribution in [0.25, 0.3) is 0 Å². The Morgan fingerprint density at radius 2 is 2.70 bits per heavy atom. The largest absolute Gasteiger partial charge is 0.305 e. The summed E-state index contributed by atoms with van der Waals surface area (Å²) in [5.74, 6) is 0. The van der Waals surface area contributed by atoms with E-state index in [9.17, 15) is 4.39 Å². The molecule has 0 amide bonds. The summed E-state index contributed by atoms with van der Waals surface area (Å²) in [6.45, 7) is 3.70. The molecule has 0 radical (unpaired) electrons. The summed E-state index contributed by atoms with van der Waals surface area (Å²) in [7, 11) is 0. The Kier molecular flexibility index (Phi) is 2.33. The molecule has 0 saturated heterocycles. The van der Waals surface area contributed by atoms with Crippen molar-refractivity contribution in [1.82, 2.24) is 10.4 Å². The summed E-state index contributed by atoms with van der Waals surface area (Å²) in [5.41, 5.74) is 2.60. The van der Waals surface area contributed by atoms with Gasteiger partial charge in [0.25, 0.3) is 5.26 Å². The number of nitrogens with one attached hydrogen (secondary N) is 1. The lowest BCUT2D eigenvalue weighted by atomic mass is 10.6. The first-order valence-corrected chi connectivity index (χ1v) is 3.43. The van der Waals surface area contributed by atoms with Crippen molar-refractivity contribution in [2.24, 2.45) is 5.10 Å². The highest BCUT2D eigenvalue weighted by molar-refractivity contribution is 7.09. The first-order valence-electron chi connectivity index (χ1n) is 2.61. The highest BCUT2D eigenvalue weighted by Crippen LogP contribution is 2.09. The van der Waals surface area contributed by atoms with Crippen LogP contribution in [0.1, 0.15) is 4.88 Å². The maximum Gasteiger partial charge on any atom is 0.269 e. The summed E-state index contributed by atoms with van der Waals surface area (Å²) in [6.07, 6.45) is 1.47. The minimum atomic E-state index is -0.416. The molecule has 0 fully saturated rings. The molecule has 1 N–H and O–H groups in total. The van der Waals surface area contributed by atoms with Crippen molar-refractivity contribution in [3.05, 3.63) is 16.3 Å². The second kappa shape index (κ2) is 3.26. The molecular weight excluding hydrogens is 153 g/mol. The maximum atomic E-state index is 12.2. The molecule has 3 nitrogen and oxygen atoms in total. The maximum absolute atomic E-state index is 12.2. The van der Waals surface area contributed by atoms with E-state index in [-0.39, 0.29) is 0 Å². The molecule has 1 heterocycles. The molecule has 54 valence electrons. The van der Waals surface area contributed by atoms with Gasteiger partial charge in [-0.15, -0.1) is 0 Å². The third-order valence-corrected chi connectivity index (χ3v) is 1.68. The minimum absolute atomic E-state index is 0.416. The molecule has 0 unspecified atom stereocenters. The van der Waals surface area contributed by atoms with Gasteiger partial charge in [-0.05, 0) is 0 Å². The molecule has 0 spiro atoms. The van der Waals surface area contributed by atoms with Gasteiger partial charge < -0.3 is 5.43 Å². The molecule has 10 heavy (non-hydrogen) atoms. The van der Waals surface area contributed by atoms with Crippen LogP contribution in [0.2, 0.25) is 0 Å². The van der Waals surface area contributed by atoms with Crippen LogP contribution in [0.5, 0.6) is 0 Å². The van der Waals surface area contributed by atoms with E-state index in [0.29, 0.717) is 6.54 Å². The zero-order valence-electron chi connectivity index (χ0n) is 5.17. The molecule has 1 aromatic rings. The lowest BCUT2D eigenvalue weighted by Gasteiger charge is -1.91. The van der Waals surface area contributed by atoms with Gasteiger partial charge >= 0.3 is 0 Å². The van der Waals surface area contributed by atoms with E-state index in [1.165, 1.54) is 6.20 Å². The van der Waals surface area contributed by atoms with Gasteiger partial charge in [0.2, 0.25) is 0 Å². The van der Waals surface area contributed by atoms with Crippen molar-refractivity contribution in [3.8, 4) is 0 Å². The fourth-order valence-electron chi connectivity index (χ4n) is 0.499. The van der Waals surface area contributed by atoms with E-state index in [2.05, 4.69) is 22.2 Å². The Morgan fingerprint density at radius 1 is 1.90 bits per heavy atom. The van der Waals surface area contributed by atoms with Crippen molar-refractivity contribution >= 4 is 18.1 Å². The molecular formula is C5H6FN3S. The molecule has 0 aliphatic rings. The minimum Gasteiger partial charge on any atom is -0.305 e. The number of hydrogen-bond donors (Lipinski definition) is 1. The molecule has 0 atom stereocenters. The van der Waals surface area contributed by atoms with E-state index in [0.717, 1.165) is 16.2 Å². The fraction of sp³-hybridized carbons (Fsp3) is 0.200. The van der Waals surface area contributed by atoms with Gasteiger partial charge in [-0.1, -0.05) is 11.3 Å². The lowest BCUT2D eigenvalue weighted by Crippen LogP contribution is -2.01. The molecule has 0 aliphatic carbocycles. The summed E-state index contributed by atoms with van der Waals surface area (Å²) in [6, 6.07) is 0. The number of nitrogens with zero attached hydrogens (tertiary/aromatic N) is 2. The number of hydrazone groups is 1. The molecule has 5 heteroatoms. The SMILES string of the molecule is C=NNCc1cnc(F)s1. The van der Waals surface area contributed by atoms with Crippen LogP contribution in [0.3, 0.4) is 0 Å². The summed E-state index contributed by atoms with van der Waals surface area (Å²) in [5, 5.41) is 2.98. The highest BCUT2D eigenvalue weighted by atomic mass is 32.1. The second-order valence-electron chi connectivity index (χ2n) is 1.57. The average molecular weight is 159 g/mol. The van der Waals surface area contributed by atoms with E-state index < -0.39 is 5.26 Å². The predicted molar refractivity (Wildman–Crippen MR) is 38.5 cm³/mol. The summed E-state index contributed by atoms with van der Waals surface area (Å²) < 4.78 is 12.2. The smallest absolute Gasteiger partial charge is 0.269 e. The topological polar surface area (TPSA) is 37.3 Å². The molecule has 0 aliphatic heterocycles. The third-order valence-electron chi connectivity index (χ3n) is 0.890. The van der Waals surface area contributed by atoms with Crippen LogP contribution in [0.15, 0.2) is 11.3 Å². The Balaban J connectivity index is 2.49. The normalized spacial score (nSPS) is 9.30. The zero-order chi connectivity index (χ0) is 7.40. The highest BCUT2D eigenvalue weighted by Gasteiger charge is 1.97. The lowest BCUT2D eigenvalue weighted by molar-refractivity contribution is 0.617. The van der Waals surface area contributed by atoms with Crippen molar-refractivity contribution in [2.75, 3.05) is 0 Å². The first-order chi connectivity index (χ1) is 4.83. The van der Waals surface area contributed by atoms with Crippen LogP contribution in [0.4, 0.5) is 4.39 Å². The number of thiazole rings is 1. The van der Waals surface area contributed by atoms with Gasteiger partial charge in [0.05, 0.1) is 6.54 Å². The van der Waals surface area contributed by atoms with Gasteiger partial charge in [-0.3, -0.25) is 0 Å². The molecule has 0 bridgehead atoms. The quantitative estimate of drug-likeness (QED) is 0.527. The van der Waals surface area contributed by atoms with Crippen LogP contribution in [0, 0.1) is 5.26 Å². The molecule has 1 rings (SSSR count). The predicted octanol–water partition coefficient (Wildman–Crippen LogP) is 0.987. The van der Waals surface area contributed by atoms with E-state index in [4.69, 9.17) is 0 Å². The Hall–Kier alpha value is -0.970. The number of halogens is 1. The standard InChI is InChI=1S/C5H6FN3S/c1-7-9-3-4-2-8-5(6)10-4/h2,9H,1,3H2. The van der Waals surface area contributed by atoms with Crippen molar-refractivity contribution in [1.29, 1.82) is 0 Å². The van der Waals surface area contributed by atoms with Crippen LogP contribution in [-0.2, 0) is 6.54 Å². The van der Waals surface area contributed by atoms with Gasteiger partial charge in [-0.2, -0.15) is 9.49 Å². The third kappa shape index (κ3) is 1.77. The van der Waals surface area contributed by atoms with Crippen molar-refractivity contribution < 1.29 is 4.39 Å². The van der Waals surface area contributed by atoms with E-state index >= 15 is 0 Å². The van der Waals surface area contributed by atoms with E-state index in [1.807, 2.05) is 0 Å².